The molecule has 0 saturated carbocycles. The summed E-state index contributed by atoms with van der Waals surface area (Å²) in [5, 5.41) is 11.1. The van der Waals surface area contributed by atoms with Gasteiger partial charge in [0.2, 0.25) is 0 Å². The Morgan fingerprint density at radius 1 is 0.974 bits per heavy atom. The van der Waals surface area contributed by atoms with Crippen molar-refractivity contribution < 1.29 is 5.11 Å². The molecule has 1 N–H and O–H groups in total. The molecule has 0 amide bonds. The van der Waals surface area contributed by atoms with Gasteiger partial charge in [-0.05, 0) is 93.9 Å². The first-order chi connectivity index (χ1) is 18.8. The lowest BCUT2D eigenvalue weighted by molar-refractivity contribution is -0.0261. The standard InChI is InChI=1S/C34H44N4O/c1-6-23-13-10-14-24(7-2)31(23)32-35-22(3)28-21-38(29-17-11-15-25-12-8-9-16-27(25)29)30-20-26(34(4,5)39)18-19-37(30)33(28)36-32/h8-10,12-14,16,26,29-30,39H,6-7,11,15,17-21H2,1-5H3/t26?,29-,30?/m0/s1. The van der Waals surface area contributed by atoms with Gasteiger partial charge in [-0.15, -0.1) is 0 Å². The number of nitrogens with zero attached hydrogens (tertiary/aromatic N) is 4. The van der Waals surface area contributed by atoms with Crippen molar-refractivity contribution in [1.29, 1.82) is 0 Å². The van der Waals surface area contributed by atoms with E-state index >= 15 is 0 Å². The fourth-order valence-corrected chi connectivity index (χ4v) is 7.47. The van der Waals surface area contributed by atoms with Crippen LogP contribution < -0.4 is 4.90 Å². The number of hydrogen-bond donors (Lipinski definition) is 1. The van der Waals surface area contributed by atoms with Crippen molar-refractivity contribution in [3.63, 3.8) is 0 Å². The monoisotopic (exact) mass is 524 g/mol. The molecule has 39 heavy (non-hydrogen) atoms. The van der Waals surface area contributed by atoms with Crippen LogP contribution >= 0.6 is 0 Å². The number of fused-ring (bicyclic) bond motifs is 4. The highest BCUT2D eigenvalue weighted by Gasteiger charge is 2.45. The van der Waals surface area contributed by atoms with E-state index in [9.17, 15) is 5.11 Å². The Labute approximate surface area is 234 Å². The third kappa shape index (κ3) is 4.68. The Kier molecular flexibility index (Phi) is 7.01. The topological polar surface area (TPSA) is 52.5 Å². The van der Waals surface area contributed by atoms with Crippen LogP contribution in [0.25, 0.3) is 11.4 Å². The molecule has 1 saturated heterocycles. The van der Waals surface area contributed by atoms with Gasteiger partial charge in [0.05, 0.1) is 11.8 Å². The highest BCUT2D eigenvalue weighted by atomic mass is 16.3. The summed E-state index contributed by atoms with van der Waals surface area (Å²) < 4.78 is 0. The zero-order chi connectivity index (χ0) is 27.3. The van der Waals surface area contributed by atoms with Crippen molar-refractivity contribution in [3.8, 4) is 11.4 Å². The summed E-state index contributed by atoms with van der Waals surface area (Å²) in [6.45, 7) is 12.4. The SMILES string of the molecule is CCc1cccc(CC)c1-c1nc(C)c2c(n1)N1CCC(C(C)(C)O)CC1N([C@H]1CCCc3ccccc31)C2. The van der Waals surface area contributed by atoms with Crippen molar-refractivity contribution in [2.24, 2.45) is 5.92 Å². The third-order valence-electron chi connectivity index (χ3n) is 9.72. The van der Waals surface area contributed by atoms with Crippen molar-refractivity contribution in [1.82, 2.24) is 14.9 Å². The molecule has 206 valence electrons. The van der Waals surface area contributed by atoms with Gasteiger partial charge in [-0.25, -0.2) is 9.97 Å². The van der Waals surface area contributed by atoms with Crippen LogP contribution in [0.4, 0.5) is 5.82 Å². The van der Waals surface area contributed by atoms with E-state index in [4.69, 9.17) is 9.97 Å². The first-order valence-electron chi connectivity index (χ1n) is 15.1. The van der Waals surface area contributed by atoms with Gasteiger partial charge in [0.1, 0.15) is 5.82 Å². The second kappa shape index (κ2) is 10.3. The summed E-state index contributed by atoms with van der Waals surface area (Å²) in [6.07, 6.45) is 7.63. The van der Waals surface area contributed by atoms with Gasteiger partial charge in [-0.1, -0.05) is 56.3 Å². The lowest BCUT2D eigenvalue weighted by atomic mass is 9.79. The Morgan fingerprint density at radius 2 is 1.72 bits per heavy atom. The number of anilines is 1. The molecule has 0 radical (unpaired) electrons. The van der Waals surface area contributed by atoms with E-state index < -0.39 is 5.60 Å². The normalized spacial score (nSPS) is 23.2. The summed E-state index contributed by atoms with van der Waals surface area (Å²) in [7, 11) is 0. The summed E-state index contributed by atoms with van der Waals surface area (Å²) in [5.41, 5.74) is 8.52. The molecule has 6 rings (SSSR count). The Bertz CT molecular complexity index is 1340. The fraction of sp³-hybridized carbons (Fsp3) is 0.529. The van der Waals surface area contributed by atoms with Crippen LogP contribution in [0.15, 0.2) is 42.5 Å². The summed E-state index contributed by atoms with van der Waals surface area (Å²) in [6, 6.07) is 16.0. The molecule has 5 heteroatoms. The molecule has 1 aliphatic carbocycles. The molecule has 2 aromatic carbocycles. The third-order valence-corrected chi connectivity index (χ3v) is 9.72. The maximum atomic E-state index is 11.1. The minimum Gasteiger partial charge on any atom is -0.390 e. The fourth-order valence-electron chi connectivity index (χ4n) is 7.47. The summed E-state index contributed by atoms with van der Waals surface area (Å²) in [4.78, 5) is 15.9. The maximum Gasteiger partial charge on any atom is 0.162 e. The molecule has 5 nitrogen and oxygen atoms in total. The van der Waals surface area contributed by atoms with Gasteiger partial charge in [-0.3, -0.25) is 4.90 Å². The first kappa shape index (κ1) is 26.5. The molecular formula is C34H44N4O. The molecule has 1 aromatic heterocycles. The van der Waals surface area contributed by atoms with Crippen molar-refractivity contribution in [2.45, 2.75) is 104 Å². The highest BCUT2D eigenvalue weighted by Crippen LogP contribution is 2.46. The molecular weight excluding hydrogens is 480 g/mol. The van der Waals surface area contributed by atoms with Crippen LogP contribution in [0.1, 0.15) is 92.9 Å². The smallest absolute Gasteiger partial charge is 0.162 e. The van der Waals surface area contributed by atoms with E-state index in [-0.39, 0.29) is 12.1 Å². The maximum absolute atomic E-state index is 11.1. The van der Waals surface area contributed by atoms with Gasteiger partial charge < -0.3 is 10.0 Å². The van der Waals surface area contributed by atoms with Crippen LogP contribution in [0, 0.1) is 12.8 Å². The van der Waals surface area contributed by atoms with Crippen LogP contribution in [0.3, 0.4) is 0 Å². The predicted molar refractivity (Wildman–Crippen MR) is 159 cm³/mol. The minimum absolute atomic E-state index is 0.216. The molecule has 3 aromatic rings. The Morgan fingerprint density at radius 3 is 2.44 bits per heavy atom. The van der Waals surface area contributed by atoms with E-state index in [1.165, 1.54) is 52.6 Å². The van der Waals surface area contributed by atoms with Crippen molar-refractivity contribution in [3.05, 3.63) is 76.0 Å². The average molecular weight is 525 g/mol. The zero-order valence-electron chi connectivity index (χ0n) is 24.4. The highest BCUT2D eigenvalue weighted by molar-refractivity contribution is 5.68. The number of piperidine rings is 1. The molecule has 1 fully saturated rings. The van der Waals surface area contributed by atoms with E-state index in [2.05, 4.69) is 73.0 Å². The molecule has 3 atom stereocenters. The van der Waals surface area contributed by atoms with Crippen LogP contribution in [0.2, 0.25) is 0 Å². The van der Waals surface area contributed by atoms with Crippen molar-refractivity contribution >= 4 is 5.82 Å². The Hall–Kier alpha value is -2.76. The Balaban J connectivity index is 1.48. The van der Waals surface area contributed by atoms with E-state index in [1.54, 1.807) is 0 Å². The van der Waals surface area contributed by atoms with Crippen LogP contribution in [-0.2, 0) is 25.8 Å². The van der Waals surface area contributed by atoms with Gasteiger partial charge in [0.15, 0.2) is 5.82 Å². The first-order valence-corrected chi connectivity index (χ1v) is 15.1. The molecule has 2 unspecified atom stereocenters. The molecule has 3 heterocycles. The van der Waals surface area contributed by atoms with Crippen LogP contribution in [0.5, 0.6) is 0 Å². The zero-order valence-corrected chi connectivity index (χ0v) is 24.4. The van der Waals surface area contributed by atoms with Gasteiger partial charge >= 0.3 is 0 Å². The molecule has 0 spiro atoms. The number of aryl methyl sites for hydroxylation is 4. The number of rotatable bonds is 5. The number of aromatic nitrogens is 2. The van der Waals surface area contributed by atoms with E-state index in [0.717, 1.165) is 56.1 Å². The molecule has 3 aliphatic rings. The lowest BCUT2D eigenvalue weighted by Gasteiger charge is -2.54. The largest absolute Gasteiger partial charge is 0.390 e. The second-order valence-electron chi connectivity index (χ2n) is 12.4. The van der Waals surface area contributed by atoms with Gasteiger partial charge in [0, 0.05) is 36.0 Å². The molecule has 2 aliphatic heterocycles. The quantitative estimate of drug-likeness (QED) is 0.399. The van der Waals surface area contributed by atoms with Crippen LogP contribution in [-0.4, -0.2) is 38.3 Å². The van der Waals surface area contributed by atoms with E-state index in [0.29, 0.717) is 6.04 Å². The second-order valence-corrected chi connectivity index (χ2v) is 12.4. The average Bonchev–Trinajstić information content (AvgIpc) is 2.95. The summed E-state index contributed by atoms with van der Waals surface area (Å²) in [5.74, 6) is 2.25. The van der Waals surface area contributed by atoms with Gasteiger partial charge in [-0.2, -0.15) is 0 Å². The number of aliphatic hydroxyl groups is 1. The number of hydrogen-bond acceptors (Lipinski definition) is 5. The van der Waals surface area contributed by atoms with Gasteiger partial charge in [0.25, 0.3) is 0 Å². The predicted octanol–water partition coefficient (Wildman–Crippen LogP) is 6.78. The minimum atomic E-state index is -0.689. The molecule has 0 bridgehead atoms. The van der Waals surface area contributed by atoms with E-state index in [1.807, 2.05) is 13.8 Å². The van der Waals surface area contributed by atoms with Crippen molar-refractivity contribution in [2.75, 3.05) is 11.4 Å². The lowest BCUT2D eigenvalue weighted by Crippen LogP contribution is -2.59. The summed E-state index contributed by atoms with van der Waals surface area (Å²) >= 11 is 0. The number of benzene rings is 2.